The Bertz CT molecular complexity index is 655. The number of nitrogens with zero attached hydrogens (tertiary/aromatic N) is 2. The molecule has 3 rings (SSSR count). The van der Waals surface area contributed by atoms with Gasteiger partial charge >= 0.3 is 0 Å². The highest BCUT2D eigenvalue weighted by Gasteiger charge is 2.25. The largest absolute Gasteiger partial charge is 0.368 e. The van der Waals surface area contributed by atoms with Crippen LogP contribution >= 0.6 is 35.6 Å². The molecular formula is C22H34Cl3N3O. The third-order valence-electron chi connectivity index (χ3n) is 6.22. The van der Waals surface area contributed by atoms with Gasteiger partial charge < -0.3 is 10.2 Å². The van der Waals surface area contributed by atoms with Gasteiger partial charge in [-0.2, -0.15) is 0 Å². The van der Waals surface area contributed by atoms with Crippen molar-refractivity contribution in [1.82, 2.24) is 10.2 Å². The number of rotatable bonds is 6. The molecule has 29 heavy (non-hydrogen) atoms. The lowest BCUT2D eigenvalue weighted by Crippen LogP contribution is -2.47. The molecular weight excluding hydrogens is 429 g/mol. The lowest BCUT2D eigenvalue weighted by atomic mass is 9.84. The van der Waals surface area contributed by atoms with E-state index in [4.69, 9.17) is 23.2 Å². The van der Waals surface area contributed by atoms with Gasteiger partial charge in [0.1, 0.15) is 0 Å². The van der Waals surface area contributed by atoms with Gasteiger partial charge in [-0.25, -0.2) is 0 Å². The Morgan fingerprint density at radius 2 is 1.76 bits per heavy atom. The summed E-state index contributed by atoms with van der Waals surface area (Å²) in [5.41, 5.74) is 1.05. The van der Waals surface area contributed by atoms with Crippen molar-refractivity contribution in [3.8, 4) is 0 Å². The maximum Gasteiger partial charge on any atom is 0.222 e. The summed E-state index contributed by atoms with van der Waals surface area (Å²) in [5, 5.41) is 4.49. The van der Waals surface area contributed by atoms with E-state index in [9.17, 15) is 4.79 Å². The minimum absolute atomic E-state index is 0. The summed E-state index contributed by atoms with van der Waals surface area (Å²) in [6.07, 6.45) is 6.00. The van der Waals surface area contributed by atoms with E-state index in [1.165, 1.54) is 25.8 Å². The van der Waals surface area contributed by atoms with Crippen molar-refractivity contribution in [3.05, 3.63) is 28.2 Å². The first kappa shape index (κ1) is 24.6. The standard InChI is InChI=1S/C22H33Cl2N3O.ClH/c1-16(2)22(28)25-18-8-6-17(7-9-18)10-11-26-12-14-27(15-13-26)20-5-3-4-19(23)21(20)24;/h3-5,16-18H,6-15H2,1-2H3,(H,25,28);1H. The van der Waals surface area contributed by atoms with Crippen molar-refractivity contribution in [3.63, 3.8) is 0 Å². The molecule has 1 aromatic carbocycles. The molecule has 1 amide bonds. The van der Waals surface area contributed by atoms with Crippen LogP contribution in [0.2, 0.25) is 10.0 Å². The summed E-state index contributed by atoms with van der Waals surface area (Å²) < 4.78 is 0. The van der Waals surface area contributed by atoms with Crippen LogP contribution in [0.4, 0.5) is 5.69 Å². The van der Waals surface area contributed by atoms with Gasteiger partial charge in [0, 0.05) is 38.1 Å². The molecule has 0 atom stereocenters. The Hall–Kier alpha value is -0.680. The first-order chi connectivity index (χ1) is 13.4. The molecule has 1 saturated heterocycles. The summed E-state index contributed by atoms with van der Waals surface area (Å²) in [7, 11) is 0. The number of carbonyl (C=O) groups is 1. The lowest BCUT2D eigenvalue weighted by Gasteiger charge is -2.37. The molecule has 0 bridgehead atoms. The van der Waals surface area contributed by atoms with Crippen LogP contribution in [0.5, 0.6) is 0 Å². The van der Waals surface area contributed by atoms with Gasteiger partial charge in [-0.1, -0.05) is 43.1 Å². The lowest BCUT2D eigenvalue weighted by molar-refractivity contribution is -0.125. The number of benzene rings is 1. The molecule has 0 spiro atoms. The predicted octanol–water partition coefficient (Wildman–Crippen LogP) is 5.26. The topological polar surface area (TPSA) is 35.6 Å². The van der Waals surface area contributed by atoms with Gasteiger partial charge in [-0.3, -0.25) is 9.69 Å². The quantitative estimate of drug-likeness (QED) is 0.626. The second-order valence-corrected chi connectivity index (χ2v) is 9.36. The number of carbonyl (C=O) groups excluding carboxylic acids is 1. The third-order valence-corrected chi connectivity index (χ3v) is 7.02. The molecule has 1 aliphatic carbocycles. The van der Waals surface area contributed by atoms with Crippen molar-refractivity contribution in [2.45, 2.75) is 52.0 Å². The summed E-state index contributed by atoms with van der Waals surface area (Å²) >= 11 is 12.5. The number of amides is 1. The highest BCUT2D eigenvalue weighted by molar-refractivity contribution is 6.43. The Morgan fingerprint density at radius 1 is 1.10 bits per heavy atom. The maximum absolute atomic E-state index is 11.9. The van der Waals surface area contributed by atoms with E-state index >= 15 is 0 Å². The van der Waals surface area contributed by atoms with E-state index in [1.54, 1.807) is 0 Å². The van der Waals surface area contributed by atoms with Crippen molar-refractivity contribution < 1.29 is 4.79 Å². The Kier molecular flexibility index (Phi) is 9.87. The molecule has 0 unspecified atom stereocenters. The van der Waals surface area contributed by atoms with Gasteiger partial charge in [0.05, 0.1) is 15.7 Å². The maximum atomic E-state index is 11.9. The van der Waals surface area contributed by atoms with Crippen LogP contribution in [0, 0.1) is 11.8 Å². The number of hydrogen-bond donors (Lipinski definition) is 1. The molecule has 0 aromatic heterocycles. The molecule has 164 valence electrons. The van der Waals surface area contributed by atoms with Crippen LogP contribution in [0.25, 0.3) is 0 Å². The Labute approximate surface area is 191 Å². The minimum Gasteiger partial charge on any atom is -0.368 e. The van der Waals surface area contributed by atoms with Gasteiger partial charge in [0.2, 0.25) is 5.91 Å². The summed E-state index contributed by atoms with van der Waals surface area (Å²) in [5.74, 6) is 1.08. The van der Waals surface area contributed by atoms with Gasteiger partial charge in [-0.15, -0.1) is 12.4 Å². The van der Waals surface area contributed by atoms with E-state index < -0.39 is 0 Å². The molecule has 1 N–H and O–H groups in total. The van der Waals surface area contributed by atoms with Crippen LogP contribution in [-0.4, -0.2) is 49.6 Å². The molecule has 1 aromatic rings. The molecule has 1 heterocycles. The first-order valence-corrected chi connectivity index (χ1v) is 11.4. The molecule has 7 heteroatoms. The minimum atomic E-state index is 0. The van der Waals surface area contributed by atoms with Crippen LogP contribution < -0.4 is 10.2 Å². The SMILES string of the molecule is CC(C)C(=O)NC1CCC(CCN2CCN(c3cccc(Cl)c3Cl)CC2)CC1.Cl. The summed E-state index contributed by atoms with van der Waals surface area (Å²) in [4.78, 5) is 16.8. The zero-order valence-electron chi connectivity index (χ0n) is 17.5. The van der Waals surface area contributed by atoms with Gasteiger partial charge in [-0.05, 0) is 56.7 Å². The number of hydrogen-bond acceptors (Lipinski definition) is 3. The second-order valence-electron chi connectivity index (χ2n) is 8.57. The van der Waals surface area contributed by atoms with Crippen molar-refractivity contribution in [2.75, 3.05) is 37.6 Å². The van der Waals surface area contributed by atoms with Crippen molar-refractivity contribution >= 4 is 47.2 Å². The number of piperazine rings is 1. The van der Waals surface area contributed by atoms with Crippen LogP contribution in [0.15, 0.2) is 18.2 Å². The second kappa shape index (κ2) is 11.6. The van der Waals surface area contributed by atoms with E-state index in [-0.39, 0.29) is 24.2 Å². The normalized spacial score (nSPS) is 23.0. The van der Waals surface area contributed by atoms with Crippen molar-refractivity contribution in [2.24, 2.45) is 11.8 Å². The average molecular weight is 463 g/mol. The van der Waals surface area contributed by atoms with E-state index in [0.29, 0.717) is 16.1 Å². The van der Waals surface area contributed by atoms with E-state index in [2.05, 4.69) is 21.2 Å². The monoisotopic (exact) mass is 461 g/mol. The molecule has 4 nitrogen and oxygen atoms in total. The molecule has 2 aliphatic rings. The fourth-order valence-corrected chi connectivity index (χ4v) is 4.69. The molecule has 0 radical (unpaired) electrons. The van der Waals surface area contributed by atoms with Crippen LogP contribution in [0.3, 0.4) is 0 Å². The smallest absolute Gasteiger partial charge is 0.222 e. The Balaban J connectivity index is 0.00000300. The highest BCUT2D eigenvalue weighted by atomic mass is 35.5. The number of nitrogens with one attached hydrogen (secondary N) is 1. The summed E-state index contributed by atoms with van der Waals surface area (Å²) in [6, 6.07) is 6.25. The van der Waals surface area contributed by atoms with Crippen molar-refractivity contribution in [1.29, 1.82) is 0 Å². The highest BCUT2D eigenvalue weighted by Crippen LogP contribution is 2.33. The molecule has 1 saturated carbocycles. The number of anilines is 1. The predicted molar refractivity (Wildman–Crippen MR) is 126 cm³/mol. The van der Waals surface area contributed by atoms with Gasteiger partial charge in [0.15, 0.2) is 0 Å². The average Bonchev–Trinajstić information content (AvgIpc) is 2.70. The van der Waals surface area contributed by atoms with Gasteiger partial charge in [0.25, 0.3) is 0 Å². The zero-order chi connectivity index (χ0) is 20.1. The summed E-state index contributed by atoms with van der Waals surface area (Å²) in [6.45, 7) is 9.22. The zero-order valence-corrected chi connectivity index (χ0v) is 19.8. The van der Waals surface area contributed by atoms with Crippen LogP contribution in [0.1, 0.15) is 46.0 Å². The molecule has 2 fully saturated rings. The first-order valence-electron chi connectivity index (χ1n) is 10.7. The van der Waals surface area contributed by atoms with E-state index in [1.807, 2.05) is 26.0 Å². The van der Waals surface area contributed by atoms with E-state index in [0.717, 1.165) is 50.6 Å². The number of halogens is 3. The van der Waals surface area contributed by atoms with Crippen LogP contribution in [-0.2, 0) is 4.79 Å². The fraction of sp³-hybridized carbons (Fsp3) is 0.682. The molecule has 1 aliphatic heterocycles. The fourth-order valence-electron chi connectivity index (χ4n) is 4.28. The third kappa shape index (κ3) is 6.92. The Morgan fingerprint density at radius 3 is 2.38 bits per heavy atom.